The number of anilines is 1. The summed E-state index contributed by atoms with van der Waals surface area (Å²) >= 11 is 2.05. The van der Waals surface area contributed by atoms with Crippen molar-refractivity contribution in [3.05, 3.63) is 24.0 Å². The molecule has 2 N–H and O–H groups in total. The molecule has 4 nitrogen and oxygen atoms in total. The predicted octanol–water partition coefficient (Wildman–Crippen LogP) is 2.14. The topological polar surface area (TPSA) is 56.2 Å². The summed E-state index contributed by atoms with van der Waals surface area (Å²) in [6.07, 6.45) is 4.95. The minimum atomic E-state index is 0.651. The van der Waals surface area contributed by atoms with Gasteiger partial charge in [0, 0.05) is 11.7 Å². The van der Waals surface area contributed by atoms with Crippen LogP contribution >= 0.6 is 11.8 Å². The summed E-state index contributed by atoms with van der Waals surface area (Å²) in [6.45, 7) is 0. The minimum absolute atomic E-state index is 0.651. The van der Waals surface area contributed by atoms with E-state index in [-0.39, 0.29) is 0 Å². The Morgan fingerprint density at radius 3 is 3.12 bits per heavy atom. The molecule has 1 aliphatic rings. The fourth-order valence-corrected chi connectivity index (χ4v) is 3.53. The maximum absolute atomic E-state index is 5.86. The van der Waals surface area contributed by atoms with Gasteiger partial charge in [0.15, 0.2) is 11.5 Å². The Bertz CT molecular complexity index is 516. The summed E-state index contributed by atoms with van der Waals surface area (Å²) in [7, 11) is 0. The standard InChI is InChI=1S/C12H16N4S/c13-10-5-3-6-12-14-11(15-16(10)12)8-9-4-1-2-7-17-9/h3,5-6,9H,1-2,4,7-8,13H2. The molecule has 1 atom stereocenters. The number of hydrogen-bond donors (Lipinski definition) is 1. The lowest BCUT2D eigenvalue weighted by atomic mass is 10.1. The van der Waals surface area contributed by atoms with Crippen molar-refractivity contribution in [3.63, 3.8) is 0 Å². The molecule has 1 aliphatic heterocycles. The lowest BCUT2D eigenvalue weighted by Crippen LogP contribution is -2.13. The molecule has 2 aromatic heterocycles. The lowest BCUT2D eigenvalue weighted by molar-refractivity contribution is 0.647. The molecule has 3 heterocycles. The van der Waals surface area contributed by atoms with Crippen molar-refractivity contribution in [3.8, 4) is 0 Å². The first-order chi connectivity index (χ1) is 8.33. The molecular weight excluding hydrogens is 232 g/mol. The van der Waals surface area contributed by atoms with Gasteiger partial charge in [-0.2, -0.15) is 16.3 Å². The van der Waals surface area contributed by atoms with E-state index < -0.39 is 0 Å². The van der Waals surface area contributed by atoms with Gasteiger partial charge in [-0.3, -0.25) is 0 Å². The average Bonchev–Trinajstić information content (AvgIpc) is 2.74. The zero-order chi connectivity index (χ0) is 11.7. The van der Waals surface area contributed by atoms with E-state index in [1.807, 2.05) is 18.2 Å². The van der Waals surface area contributed by atoms with Crippen LogP contribution in [0.2, 0.25) is 0 Å². The number of nitrogen functional groups attached to an aromatic ring is 1. The van der Waals surface area contributed by atoms with Gasteiger partial charge in [-0.05, 0) is 30.7 Å². The largest absolute Gasteiger partial charge is 0.384 e. The summed E-state index contributed by atoms with van der Waals surface area (Å²) in [5.41, 5.74) is 6.71. The zero-order valence-electron chi connectivity index (χ0n) is 9.67. The van der Waals surface area contributed by atoms with Crippen molar-refractivity contribution in [2.75, 3.05) is 11.5 Å². The van der Waals surface area contributed by atoms with E-state index in [1.165, 1.54) is 25.0 Å². The second-order valence-electron chi connectivity index (χ2n) is 4.44. The number of thioether (sulfide) groups is 1. The molecule has 0 bridgehead atoms. The maximum atomic E-state index is 5.86. The first-order valence-corrected chi connectivity index (χ1v) is 7.09. The SMILES string of the molecule is Nc1cccc2nc(CC3CCCCS3)nn12. The number of nitrogens with zero attached hydrogens (tertiary/aromatic N) is 3. The Kier molecular flexibility index (Phi) is 2.93. The highest BCUT2D eigenvalue weighted by Crippen LogP contribution is 2.27. The molecule has 0 saturated carbocycles. The Morgan fingerprint density at radius 1 is 1.41 bits per heavy atom. The van der Waals surface area contributed by atoms with Crippen LogP contribution in [0.1, 0.15) is 25.1 Å². The number of pyridine rings is 1. The molecule has 2 aromatic rings. The van der Waals surface area contributed by atoms with Crippen molar-refractivity contribution in [1.29, 1.82) is 0 Å². The maximum Gasteiger partial charge on any atom is 0.157 e. The van der Waals surface area contributed by atoms with Crippen LogP contribution in [-0.2, 0) is 6.42 Å². The van der Waals surface area contributed by atoms with E-state index in [0.29, 0.717) is 11.1 Å². The number of rotatable bonds is 2. The molecule has 5 heteroatoms. The van der Waals surface area contributed by atoms with Gasteiger partial charge in [0.25, 0.3) is 0 Å². The molecule has 1 unspecified atom stereocenters. The molecule has 0 radical (unpaired) electrons. The van der Waals surface area contributed by atoms with E-state index in [2.05, 4.69) is 21.8 Å². The van der Waals surface area contributed by atoms with Crippen molar-refractivity contribution < 1.29 is 0 Å². The van der Waals surface area contributed by atoms with E-state index >= 15 is 0 Å². The summed E-state index contributed by atoms with van der Waals surface area (Å²) < 4.78 is 1.73. The van der Waals surface area contributed by atoms with Crippen LogP contribution in [-0.4, -0.2) is 25.6 Å². The van der Waals surface area contributed by atoms with Crippen molar-refractivity contribution in [2.24, 2.45) is 0 Å². The van der Waals surface area contributed by atoms with E-state index in [1.54, 1.807) is 4.52 Å². The molecule has 3 rings (SSSR count). The minimum Gasteiger partial charge on any atom is -0.384 e. The monoisotopic (exact) mass is 248 g/mol. The van der Waals surface area contributed by atoms with Crippen molar-refractivity contribution in [1.82, 2.24) is 14.6 Å². The van der Waals surface area contributed by atoms with Crippen LogP contribution in [0.4, 0.5) is 5.82 Å². The van der Waals surface area contributed by atoms with Gasteiger partial charge in [-0.1, -0.05) is 12.5 Å². The third kappa shape index (κ3) is 2.24. The molecule has 0 amide bonds. The fourth-order valence-electron chi connectivity index (χ4n) is 2.23. The lowest BCUT2D eigenvalue weighted by Gasteiger charge is -2.19. The molecule has 1 fully saturated rings. The molecular formula is C12H16N4S. The number of nitrogens with two attached hydrogens (primary N) is 1. The van der Waals surface area contributed by atoms with Crippen LogP contribution < -0.4 is 5.73 Å². The van der Waals surface area contributed by atoms with E-state index in [0.717, 1.165) is 17.9 Å². The Balaban J connectivity index is 1.83. The summed E-state index contributed by atoms with van der Waals surface area (Å²) in [6, 6.07) is 5.71. The molecule has 1 saturated heterocycles. The zero-order valence-corrected chi connectivity index (χ0v) is 10.5. The van der Waals surface area contributed by atoms with Gasteiger partial charge in [0.05, 0.1) is 0 Å². The first-order valence-electron chi connectivity index (χ1n) is 6.05. The summed E-state index contributed by atoms with van der Waals surface area (Å²) in [5.74, 6) is 2.85. The quantitative estimate of drug-likeness (QED) is 0.884. The molecule has 0 aliphatic carbocycles. The molecule has 0 spiro atoms. The Labute approximate surface area is 105 Å². The molecule has 17 heavy (non-hydrogen) atoms. The van der Waals surface area contributed by atoms with E-state index in [4.69, 9.17) is 5.73 Å². The van der Waals surface area contributed by atoms with Crippen molar-refractivity contribution >= 4 is 23.2 Å². The third-order valence-corrected chi connectivity index (χ3v) is 4.52. The van der Waals surface area contributed by atoms with Crippen LogP contribution in [0.25, 0.3) is 5.65 Å². The Hall–Kier alpha value is -1.23. The van der Waals surface area contributed by atoms with Gasteiger partial charge < -0.3 is 5.73 Å². The average molecular weight is 248 g/mol. The number of aromatic nitrogens is 3. The number of fused-ring (bicyclic) bond motifs is 1. The van der Waals surface area contributed by atoms with Gasteiger partial charge in [-0.15, -0.1) is 5.10 Å². The first kappa shape index (κ1) is 10.9. The van der Waals surface area contributed by atoms with Crippen molar-refractivity contribution in [2.45, 2.75) is 30.9 Å². The number of hydrogen-bond acceptors (Lipinski definition) is 4. The highest BCUT2D eigenvalue weighted by atomic mass is 32.2. The highest BCUT2D eigenvalue weighted by Gasteiger charge is 2.17. The van der Waals surface area contributed by atoms with Gasteiger partial charge in [0.1, 0.15) is 5.82 Å². The fraction of sp³-hybridized carbons (Fsp3) is 0.500. The van der Waals surface area contributed by atoms with Crippen LogP contribution in [0, 0.1) is 0 Å². The van der Waals surface area contributed by atoms with Gasteiger partial charge in [0.2, 0.25) is 0 Å². The Morgan fingerprint density at radius 2 is 2.35 bits per heavy atom. The third-order valence-electron chi connectivity index (χ3n) is 3.12. The molecule has 0 aromatic carbocycles. The molecule has 90 valence electrons. The van der Waals surface area contributed by atoms with Crippen LogP contribution in [0.3, 0.4) is 0 Å². The van der Waals surface area contributed by atoms with Crippen LogP contribution in [0.15, 0.2) is 18.2 Å². The predicted molar refractivity (Wildman–Crippen MR) is 71.2 cm³/mol. The second kappa shape index (κ2) is 4.56. The van der Waals surface area contributed by atoms with Crippen LogP contribution in [0.5, 0.6) is 0 Å². The second-order valence-corrected chi connectivity index (χ2v) is 5.85. The normalized spacial score (nSPS) is 20.8. The van der Waals surface area contributed by atoms with E-state index in [9.17, 15) is 0 Å². The van der Waals surface area contributed by atoms with Gasteiger partial charge >= 0.3 is 0 Å². The summed E-state index contributed by atoms with van der Waals surface area (Å²) in [4.78, 5) is 4.53. The summed E-state index contributed by atoms with van der Waals surface area (Å²) in [5, 5.41) is 5.16. The highest BCUT2D eigenvalue weighted by molar-refractivity contribution is 7.99. The smallest absolute Gasteiger partial charge is 0.157 e. The van der Waals surface area contributed by atoms with Gasteiger partial charge in [-0.25, -0.2) is 4.98 Å².